The lowest BCUT2D eigenvalue weighted by Crippen LogP contribution is -2.49. The highest BCUT2D eigenvalue weighted by atomic mass is 32.2. The van der Waals surface area contributed by atoms with Crippen LogP contribution in [0.1, 0.15) is 5.56 Å². The first-order valence-corrected chi connectivity index (χ1v) is 11.1. The van der Waals surface area contributed by atoms with E-state index in [0.29, 0.717) is 24.1 Å². The van der Waals surface area contributed by atoms with Crippen molar-refractivity contribution in [1.82, 2.24) is 19.8 Å². The van der Waals surface area contributed by atoms with Crippen molar-refractivity contribution in [2.45, 2.75) is 12.1 Å². The molecule has 0 bridgehead atoms. The second-order valence-electron chi connectivity index (χ2n) is 7.37. The highest BCUT2D eigenvalue weighted by molar-refractivity contribution is 7.99. The molecular formula is C22H26N6O2S. The van der Waals surface area contributed by atoms with Crippen LogP contribution in [0.15, 0.2) is 53.7 Å². The van der Waals surface area contributed by atoms with Crippen LogP contribution in [0.3, 0.4) is 0 Å². The number of rotatable bonds is 6. The van der Waals surface area contributed by atoms with Gasteiger partial charge in [-0.25, -0.2) is 4.68 Å². The quantitative estimate of drug-likeness (QED) is 0.467. The molecule has 2 N–H and O–H groups in total. The van der Waals surface area contributed by atoms with Gasteiger partial charge in [0.25, 0.3) is 0 Å². The zero-order valence-electron chi connectivity index (χ0n) is 17.7. The van der Waals surface area contributed by atoms with Crippen LogP contribution in [0.4, 0.5) is 5.69 Å². The number of nitrogens with zero attached hydrogens (tertiary/aromatic N) is 5. The first-order valence-electron chi connectivity index (χ1n) is 10.1. The molecule has 8 nitrogen and oxygen atoms in total. The van der Waals surface area contributed by atoms with Gasteiger partial charge in [-0.1, -0.05) is 53.7 Å². The van der Waals surface area contributed by atoms with Gasteiger partial charge in [-0.15, -0.1) is 10.2 Å². The molecule has 0 unspecified atom stereocenters. The number of aryl methyl sites for hydroxylation is 1. The highest BCUT2D eigenvalue weighted by Gasteiger charge is 2.23. The van der Waals surface area contributed by atoms with Gasteiger partial charge in [-0.05, 0) is 19.1 Å². The van der Waals surface area contributed by atoms with E-state index < -0.39 is 0 Å². The molecule has 0 atom stereocenters. The van der Waals surface area contributed by atoms with Gasteiger partial charge in [0.1, 0.15) is 5.75 Å². The number of methoxy groups -OCH3 is 1. The van der Waals surface area contributed by atoms with Crippen molar-refractivity contribution in [1.29, 1.82) is 0 Å². The zero-order chi connectivity index (χ0) is 21.8. The summed E-state index contributed by atoms with van der Waals surface area (Å²) in [5.41, 5.74) is 3.12. The number of thioether (sulfide) groups is 1. The normalized spacial score (nSPS) is 14.0. The van der Waals surface area contributed by atoms with E-state index >= 15 is 0 Å². The van der Waals surface area contributed by atoms with Crippen LogP contribution >= 0.6 is 11.8 Å². The van der Waals surface area contributed by atoms with E-state index in [4.69, 9.17) is 10.6 Å². The number of ether oxygens (including phenoxy) is 1. The maximum absolute atomic E-state index is 12.7. The van der Waals surface area contributed by atoms with Crippen molar-refractivity contribution in [2.24, 2.45) is 0 Å². The summed E-state index contributed by atoms with van der Waals surface area (Å²) >= 11 is 1.31. The molecule has 31 heavy (non-hydrogen) atoms. The van der Waals surface area contributed by atoms with E-state index in [2.05, 4.69) is 15.1 Å². The number of aromatic nitrogens is 3. The maximum atomic E-state index is 12.7. The number of piperazine rings is 1. The lowest BCUT2D eigenvalue weighted by Gasteiger charge is -2.36. The van der Waals surface area contributed by atoms with Gasteiger partial charge in [-0.2, -0.15) is 0 Å². The van der Waals surface area contributed by atoms with Crippen LogP contribution < -0.4 is 15.5 Å². The van der Waals surface area contributed by atoms with Crippen molar-refractivity contribution >= 4 is 23.4 Å². The molecule has 2 aromatic carbocycles. The largest absolute Gasteiger partial charge is 0.495 e. The fourth-order valence-corrected chi connectivity index (χ4v) is 4.34. The fourth-order valence-electron chi connectivity index (χ4n) is 3.58. The summed E-state index contributed by atoms with van der Waals surface area (Å²) in [4.78, 5) is 16.9. The number of anilines is 1. The molecule has 1 aliphatic heterocycles. The Morgan fingerprint density at radius 3 is 2.48 bits per heavy atom. The number of hydrogen-bond acceptors (Lipinski definition) is 7. The van der Waals surface area contributed by atoms with Crippen molar-refractivity contribution in [3.63, 3.8) is 0 Å². The Kier molecular flexibility index (Phi) is 6.31. The third-order valence-corrected chi connectivity index (χ3v) is 6.29. The summed E-state index contributed by atoms with van der Waals surface area (Å²) in [6, 6.07) is 15.9. The number of carbonyl (C=O) groups is 1. The van der Waals surface area contributed by atoms with Crippen molar-refractivity contribution < 1.29 is 9.53 Å². The topological polar surface area (TPSA) is 89.5 Å². The molecule has 0 saturated carbocycles. The Morgan fingerprint density at radius 1 is 1.06 bits per heavy atom. The maximum Gasteiger partial charge on any atom is 0.233 e. The molecule has 0 spiro atoms. The molecule has 1 saturated heterocycles. The van der Waals surface area contributed by atoms with E-state index in [1.54, 1.807) is 7.11 Å². The summed E-state index contributed by atoms with van der Waals surface area (Å²) in [5.74, 6) is 7.96. The average Bonchev–Trinajstić information content (AvgIpc) is 3.18. The van der Waals surface area contributed by atoms with Gasteiger partial charge >= 0.3 is 0 Å². The zero-order valence-corrected chi connectivity index (χ0v) is 18.5. The number of nitrogens with two attached hydrogens (primary N) is 1. The molecule has 1 aromatic heterocycles. The summed E-state index contributed by atoms with van der Waals surface area (Å²) in [6.45, 7) is 4.89. The van der Waals surface area contributed by atoms with Gasteiger partial charge < -0.3 is 20.4 Å². The summed E-state index contributed by atoms with van der Waals surface area (Å²) < 4.78 is 6.91. The standard InChI is InChI=1S/C22H26N6O2S/c1-16-7-9-17(10-8-16)21-24-25-22(28(21)23)31-15-20(29)27-13-11-26(12-14-27)18-5-3-4-6-19(18)30-2/h3-10H,11-15,23H2,1-2H3. The smallest absolute Gasteiger partial charge is 0.233 e. The fraction of sp³-hybridized carbons (Fsp3) is 0.318. The summed E-state index contributed by atoms with van der Waals surface area (Å²) in [5, 5.41) is 8.87. The number of benzene rings is 2. The second kappa shape index (κ2) is 9.30. The number of para-hydroxylation sites is 2. The van der Waals surface area contributed by atoms with E-state index in [9.17, 15) is 4.79 Å². The molecule has 9 heteroatoms. The number of nitrogen functional groups attached to an aromatic ring is 1. The minimum Gasteiger partial charge on any atom is -0.495 e. The minimum atomic E-state index is 0.0737. The van der Waals surface area contributed by atoms with Gasteiger partial charge in [-0.3, -0.25) is 4.79 Å². The van der Waals surface area contributed by atoms with Gasteiger partial charge in [0, 0.05) is 31.7 Å². The summed E-state index contributed by atoms with van der Waals surface area (Å²) in [6.07, 6.45) is 0. The molecule has 162 valence electrons. The van der Waals surface area contributed by atoms with Gasteiger partial charge in [0.05, 0.1) is 18.6 Å². The Balaban J connectivity index is 1.32. The molecule has 1 amide bonds. The van der Waals surface area contributed by atoms with E-state index in [1.807, 2.05) is 60.4 Å². The molecule has 0 radical (unpaired) electrons. The number of hydrogen-bond donors (Lipinski definition) is 1. The van der Waals surface area contributed by atoms with Crippen LogP contribution in [-0.4, -0.2) is 64.7 Å². The van der Waals surface area contributed by atoms with Crippen molar-refractivity contribution in [2.75, 3.05) is 49.8 Å². The predicted octanol–water partition coefficient (Wildman–Crippen LogP) is 2.42. The van der Waals surface area contributed by atoms with E-state index in [0.717, 1.165) is 35.7 Å². The monoisotopic (exact) mass is 438 g/mol. The Hall–Kier alpha value is -3.20. The Morgan fingerprint density at radius 2 is 1.77 bits per heavy atom. The molecule has 0 aliphatic carbocycles. The lowest BCUT2D eigenvalue weighted by molar-refractivity contribution is -0.128. The second-order valence-corrected chi connectivity index (χ2v) is 8.31. The Bertz CT molecular complexity index is 1040. The van der Waals surface area contributed by atoms with E-state index in [1.165, 1.54) is 16.4 Å². The van der Waals surface area contributed by atoms with Crippen LogP contribution in [0.2, 0.25) is 0 Å². The number of amides is 1. The van der Waals surface area contributed by atoms with Gasteiger partial charge in [0.2, 0.25) is 11.1 Å². The van der Waals surface area contributed by atoms with Crippen LogP contribution in [0.25, 0.3) is 11.4 Å². The average molecular weight is 439 g/mol. The Labute approximate surface area is 186 Å². The molecule has 4 rings (SSSR count). The number of carbonyl (C=O) groups excluding carboxylic acids is 1. The molecule has 1 fully saturated rings. The molecule has 3 aromatic rings. The SMILES string of the molecule is COc1ccccc1N1CCN(C(=O)CSc2nnc(-c3ccc(C)cc3)n2N)CC1. The first kappa shape index (κ1) is 21.0. The highest BCUT2D eigenvalue weighted by Crippen LogP contribution is 2.28. The van der Waals surface area contributed by atoms with Crippen molar-refractivity contribution in [3.8, 4) is 17.1 Å². The summed E-state index contributed by atoms with van der Waals surface area (Å²) in [7, 11) is 1.68. The van der Waals surface area contributed by atoms with Crippen LogP contribution in [0, 0.1) is 6.92 Å². The molecule has 1 aliphatic rings. The van der Waals surface area contributed by atoms with E-state index in [-0.39, 0.29) is 11.7 Å². The lowest BCUT2D eigenvalue weighted by atomic mass is 10.1. The molecular weight excluding hydrogens is 412 g/mol. The third-order valence-electron chi connectivity index (χ3n) is 5.36. The van der Waals surface area contributed by atoms with Gasteiger partial charge in [0.15, 0.2) is 5.82 Å². The minimum absolute atomic E-state index is 0.0737. The van der Waals surface area contributed by atoms with Crippen LogP contribution in [-0.2, 0) is 4.79 Å². The van der Waals surface area contributed by atoms with Crippen LogP contribution in [0.5, 0.6) is 5.75 Å². The first-order chi connectivity index (χ1) is 15.1. The third kappa shape index (κ3) is 4.61. The predicted molar refractivity (Wildman–Crippen MR) is 123 cm³/mol. The van der Waals surface area contributed by atoms with Crippen molar-refractivity contribution in [3.05, 3.63) is 54.1 Å². The molecule has 2 heterocycles.